The molecule has 3 heterocycles. The maximum absolute atomic E-state index is 12.9. The lowest BCUT2D eigenvalue weighted by Gasteiger charge is -2.37. The number of benzene rings is 1. The Balaban J connectivity index is 1.47. The van der Waals surface area contributed by atoms with E-state index in [2.05, 4.69) is 20.5 Å². The maximum Gasteiger partial charge on any atom is 0.273 e. The fourth-order valence-corrected chi connectivity index (χ4v) is 4.16. The number of nitrogens with zero attached hydrogens (tertiary/aromatic N) is 5. The molecule has 0 radical (unpaired) electrons. The highest BCUT2D eigenvalue weighted by Crippen LogP contribution is 2.22. The molecule has 0 spiro atoms. The largest absolute Gasteiger partial charge is 0.381 e. The van der Waals surface area contributed by atoms with Crippen molar-refractivity contribution < 1.29 is 19.2 Å². The average molecular weight is 430 g/mol. The van der Waals surface area contributed by atoms with E-state index in [1.807, 2.05) is 0 Å². The summed E-state index contributed by atoms with van der Waals surface area (Å²) < 4.78 is 12.5. The summed E-state index contributed by atoms with van der Waals surface area (Å²) in [6.07, 6.45) is 0.972. The number of morpholine rings is 1. The van der Waals surface area contributed by atoms with Gasteiger partial charge in [0.05, 0.1) is 36.1 Å². The highest BCUT2D eigenvalue weighted by atomic mass is 16.6. The molecule has 4 rings (SSSR count). The van der Waals surface area contributed by atoms with Crippen LogP contribution in [0.4, 0.5) is 5.69 Å². The van der Waals surface area contributed by atoms with E-state index in [0.717, 1.165) is 26.1 Å². The second kappa shape index (κ2) is 9.50. The first kappa shape index (κ1) is 21.3. The van der Waals surface area contributed by atoms with Crippen molar-refractivity contribution in [3.63, 3.8) is 0 Å². The Hall–Kier alpha value is -2.89. The number of aromatic nitrogens is 3. The molecule has 2 unspecified atom stereocenters. The van der Waals surface area contributed by atoms with Gasteiger partial charge in [0, 0.05) is 50.3 Å². The molecule has 2 fully saturated rings. The third-order valence-corrected chi connectivity index (χ3v) is 5.89. The van der Waals surface area contributed by atoms with Crippen LogP contribution in [0.3, 0.4) is 0 Å². The van der Waals surface area contributed by atoms with Crippen molar-refractivity contribution >= 4 is 11.6 Å². The molecule has 11 heteroatoms. The highest BCUT2D eigenvalue weighted by Gasteiger charge is 2.32. The first-order valence-corrected chi connectivity index (χ1v) is 10.4. The molecule has 0 saturated carbocycles. The molecule has 31 heavy (non-hydrogen) atoms. The lowest BCUT2D eigenvalue weighted by Crippen LogP contribution is -2.52. The Kier molecular flexibility index (Phi) is 6.54. The minimum absolute atomic E-state index is 0.0504. The van der Waals surface area contributed by atoms with Gasteiger partial charge in [-0.25, -0.2) is 4.68 Å². The summed E-state index contributed by atoms with van der Waals surface area (Å²) in [5, 5.41) is 22.1. The molecule has 166 valence electrons. The molecule has 2 atom stereocenters. The summed E-state index contributed by atoms with van der Waals surface area (Å²) in [6.45, 7) is 6.69. The number of nitro groups is 1. The van der Waals surface area contributed by atoms with Gasteiger partial charge in [-0.05, 0) is 19.4 Å². The summed E-state index contributed by atoms with van der Waals surface area (Å²) in [5.74, 6) is 0.0476. The van der Waals surface area contributed by atoms with Crippen molar-refractivity contribution in [3.8, 4) is 5.69 Å². The molecule has 2 aromatic rings. The van der Waals surface area contributed by atoms with Gasteiger partial charge in [-0.1, -0.05) is 11.3 Å². The average Bonchev–Trinajstić information content (AvgIpc) is 3.45. The van der Waals surface area contributed by atoms with Crippen LogP contribution in [0.15, 0.2) is 24.3 Å². The van der Waals surface area contributed by atoms with Gasteiger partial charge in [-0.2, -0.15) is 0 Å². The maximum atomic E-state index is 12.9. The fraction of sp³-hybridized carbons (Fsp3) is 0.550. The molecular formula is C20H26N6O5. The second-order valence-electron chi connectivity index (χ2n) is 7.76. The monoisotopic (exact) mass is 430 g/mol. The van der Waals surface area contributed by atoms with Crippen LogP contribution in [0, 0.1) is 23.0 Å². The van der Waals surface area contributed by atoms with Crippen LogP contribution in [-0.2, 0) is 9.47 Å². The van der Waals surface area contributed by atoms with Crippen LogP contribution in [-0.4, -0.2) is 82.8 Å². The molecular weight excluding hydrogens is 404 g/mol. The molecule has 2 aliphatic heterocycles. The second-order valence-corrected chi connectivity index (χ2v) is 7.76. The van der Waals surface area contributed by atoms with E-state index >= 15 is 0 Å². The van der Waals surface area contributed by atoms with E-state index in [-0.39, 0.29) is 23.3 Å². The number of rotatable bonds is 7. The Morgan fingerprint density at radius 1 is 1.32 bits per heavy atom. The number of carbonyl (C=O) groups excluding carboxylic acids is 1. The molecule has 1 aromatic heterocycles. The number of nitrogens with one attached hydrogen (secondary N) is 1. The van der Waals surface area contributed by atoms with E-state index < -0.39 is 4.92 Å². The molecule has 1 amide bonds. The van der Waals surface area contributed by atoms with E-state index in [0.29, 0.717) is 43.7 Å². The van der Waals surface area contributed by atoms with E-state index in [4.69, 9.17) is 9.47 Å². The van der Waals surface area contributed by atoms with E-state index in [1.54, 1.807) is 19.1 Å². The standard InChI is InChI=1S/C20H26N6O5/c1-14-19(22-23-25(14)16-3-2-4-17(11-16)26(28)29)20(27)21-12-18(15-5-8-31-13-15)24-6-9-30-10-7-24/h2-4,11,15,18H,5-10,12-13H2,1H3,(H,21,27). The smallest absolute Gasteiger partial charge is 0.273 e. The topological polar surface area (TPSA) is 125 Å². The zero-order chi connectivity index (χ0) is 21.8. The van der Waals surface area contributed by atoms with Gasteiger partial charge in [0.2, 0.25) is 0 Å². The minimum Gasteiger partial charge on any atom is -0.381 e. The van der Waals surface area contributed by atoms with Gasteiger partial charge < -0.3 is 14.8 Å². The van der Waals surface area contributed by atoms with Crippen molar-refractivity contribution in [2.24, 2.45) is 5.92 Å². The number of non-ortho nitro benzene ring substituents is 1. The van der Waals surface area contributed by atoms with Gasteiger partial charge in [0.1, 0.15) is 0 Å². The third-order valence-electron chi connectivity index (χ3n) is 5.89. The first-order valence-electron chi connectivity index (χ1n) is 10.4. The quantitative estimate of drug-likeness (QED) is 0.509. The van der Waals surface area contributed by atoms with Crippen molar-refractivity contribution in [2.45, 2.75) is 19.4 Å². The van der Waals surface area contributed by atoms with Crippen LogP contribution in [0.25, 0.3) is 5.69 Å². The zero-order valence-electron chi connectivity index (χ0n) is 17.4. The summed E-state index contributed by atoms with van der Waals surface area (Å²) in [7, 11) is 0. The number of hydrogen-bond acceptors (Lipinski definition) is 8. The van der Waals surface area contributed by atoms with E-state index in [1.165, 1.54) is 16.8 Å². The molecule has 1 aromatic carbocycles. The molecule has 2 saturated heterocycles. The zero-order valence-corrected chi connectivity index (χ0v) is 17.4. The normalized spacial score (nSPS) is 20.5. The van der Waals surface area contributed by atoms with Crippen LogP contribution >= 0.6 is 0 Å². The fourth-order valence-electron chi connectivity index (χ4n) is 4.16. The van der Waals surface area contributed by atoms with Gasteiger partial charge in [-0.3, -0.25) is 19.8 Å². The number of carbonyl (C=O) groups is 1. The molecule has 0 bridgehead atoms. The number of hydrogen-bond donors (Lipinski definition) is 1. The molecule has 2 aliphatic rings. The Bertz CT molecular complexity index is 936. The Morgan fingerprint density at radius 2 is 2.13 bits per heavy atom. The number of nitro benzene ring substituents is 1. The minimum atomic E-state index is -0.470. The summed E-state index contributed by atoms with van der Waals surface area (Å²) in [5.41, 5.74) is 1.15. The Morgan fingerprint density at radius 3 is 2.84 bits per heavy atom. The SMILES string of the molecule is Cc1c(C(=O)NCC(C2CCOC2)N2CCOCC2)nnn1-c1cccc([N+](=O)[O-])c1. The lowest BCUT2D eigenvalue weighted by molar-refractivity contribution is -0.384. The van der Waals surface area contributed by atoms with Crippen LogP contribution in [0.1, 0.15) is 22.6 Å². The van der Waals surface area contributed by atoms with Gasteiger partial charge in [0.25, 0.3) is 11.6 Å². The predicted octanol–water partition coefficient (Wildman–Crippen LogP) is 0.951. The molecule has 0 aliphatic carbocycles. The van der Waals surface area contributed by atoms with Crippen LogP contribution in [0.2, 0.25) is 0 Å². The van der Waals surface area contributed by atoms with Crippen molar-refractivity contribution in [2.75, 3.05) is 46.1 Å². The summed E-state index contributed by atoms with van der Waals surface area (Å²) >= 11 is 0. The van der Waals surface area contributed by atoms with Crippen LogP contribution < -0.4 is 5.32 Å². The summed E-state index contributed by atoms with van der Waals surface area (Å²) in [4.78, 5) is 25.8. The van der Waals surface area contributed by atoms with Crippen LogP contribution in [0.5, 0.6) is 0 Å². The van der Waals surface area contributed by atoms with Gasteiger partial charge >= 0.3 is 0 Å². The van der Waals surface area contributed by atoms with Crippen molar-refractivity contribution in [3.05, 3.63) is 45.8 Å². The highest BCUT2D eigenvalue weighted by molar-refractivity contribution is 5.93. The lowest BCUT2D eigenvalue weighted by atomic mass is 9.97. The van der Waals surface area contributed by atoms with Crippen molar-refractivity contribution in [1.82, 2.24) is 25.2 Å². The first-order chi connectivity index (χ1) is 15.0. The summed E-state index contributed by atoms with van der Waals surface area (Å²) in [6, 6.07) is 6.23. The van der Waals surface area contributed by atoms with E-state index in [9.17, 15) is 14.9 Å². The predicted molar refractivity (Wildman–Crippen MR) is 110 cm³/mol. The van der Waals surface area contributed by atoms with Gasteiger partial charge in [0.15, 0.2) is 5.69 Å². The van der Waals surface area contributed by atoms with Crippen molar-refractivity contribution in [1.29, 1.82) is 0 Å². The Labute approximate surface area is 179 Å². The molecule has 1 N–H and O–H groups in total. The number of amides is 1. The number of ether oxygens (including phenoxy) is 2. The third kappa shape index (κ3) is 4.73. The molecule has 11 nitrogen and oxygen atoms in total. The van der Waals surface area contributed by atoms with Gasteiger partial charge in [-0.15, -0.1) is 5.10 Å².